The van der Waals surface area contributed by atoms with Gasteiger partial charge in [0.05, 0.1) is 0 Å². The van der Waals surface area contributed by atoms with Crippen LogP contribution in [0.4, 0.5) is 5.82 Å². The van der Waals surface area contributed by atoms with Gasteiger partial charge in [-0.1, -0.05) is 32.4 Å². The van der Waals surface area contributed by atoms with Crippen molar-refractivity contribution >= 4 is 17.4 Å². The molecule has 1 fully saturated rings. The first-order valence-electron chi connectivity index (χ1n) is 7.17. The highest BCUT2D eigenvalue weighted by Gasteiger charge is 2.41. The molecule has 0 radical (unpaired) electrons. The van der Waals surface area contributed by atoms with Gasteiger partial charge in [-0.05, 0) is 31.6 Å². The van der Waals surface area contributed by atoms with Gasteiger partial charge >= 0.3 is 0 Å². The van der Waals surface area contributed by atoms with Crippen molar-refractivity contribution < 1.29 is 5.11 Å². The normalized spacial score (nSPS) is 17.1. The summed E-state index contributed by atoms with van der Waals surface area (Å²) in [6.45, 7) is 9.25. The summed E-state index contributed by atoms with van der Waals surface area (Å²) in [5.74, 6) is 1.57. The van der Waals surface area contributed by atoms with Crippen LogP contribution < -0.4 is 5.32 Å². The van der Waals surface area contributed by atoms with E-state index in [-0.39, 0.29) is 17.4 Å². The molecular weight excluding hydrogens is 274 g/mol. The van der Waals surface area contributed by atoms with Crippen LogP contribution in [0.25, 0.3) is 0 Å². The van der Waals surface area contributed by atoms with Gasteiger partial charge in [0.25, 0.3) is 0 Å². The Morgan fingerprint density at radius 2 is 1.95 bits per heavy atom. The highest BCUT2D eigenvalue weighted by atomic mass is 35.5. The van der Waals surface area contributed by atoms with Crippen LogP contribution in [0.2, 0.25) is 5.15 Å². The molecule has 0 spiro atoms. The molecule has 1 aromatic rings. The number of hydrogen-bond acceptors (Lipinski definition) is 4. The quantitative estimate of drug-likeness (QED) is 0.819. The Bertz CT molecular complexity index is 493. The molecule has 0 bridgehead atoms. The second kappa shape index (κ2) is 5.49. The Kier molecular flexibility index (Phi) is 4.26. The molecule has 0 saturated heterocycles. The fraction of sp³-hybridized carbons (Fsp3) is 0.733. The number of rotatable bonds is 5. The molecule has 0 aromatic carbocycles. The summed E-state index contributed by atoms with van der Waals surface area (Å²) in [5, 5.41) is 13.0. The lowest BCUT2D eigenvalue weighted by Crippen LogP contribution is -2.21. The molecule has 0 amide bonds. The molecule has 20 heavy (non-hydrogen) atoms. The van der Waals surface area contributed by atoms with Crippen molar-refractivity contribution in [2.75, 3.05) is 18.5 Å². The molecule has 2 N–H and O–H groups in total. The minimum Gasteiger partial charge on any atom is -0.396 e. The molecule has 112 valence electrons. The largest absolute Gasteiger partial charge is 0.396 e. The van der Waals surface area contributed by atoms with E-state index in [1.807, 2.05) is 6.92 Å². The maximum Gasteiger partial charge on any atom is 0.137 e. The fourth-order valence-corrected chi connectivity index (χ4v) is 2.37. The lowest BCUT2D eigenvalue weighted by Gasteiger charge is -2.21. The van der Waals surface area contributed by atoms with E-state index in [0.717, 1.165) is 30.2 Å². The molecule has 2 rings (SSSR count). The number of nitrogens with one attached hydrogen (secondary N) is 1. The van der Waals surface area contributed by atoms with Gasteiger partial charge in [0.2, 0.25) is 0 Å². The van der Waals surface area contributed by atoms with Crippen LogP contribution in [0.5, 0.6) is 0 Å². The predicted octanol–water partition coefficient (Wildman–Crippen LogP) is 3.31. The van der Waals surface area contributed by atoms with E-state index >= 15 is 0 Å². The average Bonchev–Trinajstić information content (AvgIpc) is 3.10. The van der Waals surface area contributed by atoms with Crippen LogP contribution >= 0.6 is 11.6 Å². The number of anilines is 1. The van der Waals surface area contributed by atoms with Crippen molar-refractivity contribution in [1.82, 2.24) is 9.97 Å². The molecule has 1 aliphatic rings. The lowest BCUT2D eigenvalue weighted by atomic mass is 9.95. The fourth-order valence-electron chi connectivity index (χ4n) is 2.20. The molecule has 0 unspecified atom stereocenters. The summed E-state index contributed by atoms with van der Waals surface area (Å²) in [5.41, 5.74) is 1.01. The first-order valence-corrected chi connectivity index (χ1v) is 7.55. The molecule has 0 aliphatic heterocycles. The van der Waals surface area contributed by atoms with Gasteiger partial charge in [-0.15, -0.1) is 0 Å². The minimum atomic E-state index is -0.129. The Morgan fingerprint density at radius 3 is 2.45 bits per heavy atom. The Balaban J connectivity index is 2.17. The molecule has 1 aliphatic carbocycles. The Hall–Kier alpha value is -0.870. The summed E-state index contributed by atoms with van der Waals surface area (Å²) >= 11 is 6.22. The zero-order chi connectivity index (χ0) is 15.0. The highest BCUT2D eigenvalue weighted by Crippen LogP contribution is 2.48. The highest BCUT2D eigenvalue weighted by molar-refractivity contribution is 6.30. The second-order valence-corrected chi connectivity index (χ2v) is 7.25. The SMILES string of the molecule is Cc1c(Cl)nc(C(C)(C)C)nc1NCC1(CCO)CC1. The molecular formula is C15H24ClN3O. The first kappa shape index (κ1) is 15.5. The van der Waals surface area contributed by atoms with E-state index in [1.165, 1.54) is 12.8 Å². The summed E-state index contributed by atoms with van der Waals surface area (Å²) in [6, 6.07) is 0. The number of halogens is 1. The van der Waals surface area contributed by atoms with Gasteiger partial charge in [-0.2, -0.15) is 0 Å². The van der Waals surface area contributed by atoms with Crippen molar-refractivity contribution in [3.8, 4) is 0 Å². The standard InChI is InChI=1S/C15H24ClN3O/c1-10-11(16)18-13(14(2,3)4)19-12(10)17-9-15(5-6-15)7-8-20/h20H,5-9H2,1-4H3,(H,17,18,19). The monoisotopic (exact) mass is 297 g/mol. The van der Waals surface area contributed by atoms with E-state index in [4.69, 9.17) is 16.7 Å². The van der Waals surface area contributed by atoms with E-state index < -0.39 is 0 Å². The van der Waals surface area contributed by atoms with Gasteiger partial charge < -0.3 is 10.4 Å². The Labute approximate surface area is 126 Å². The van der Waals surface area contributed by atoms with Crippen molar-refractivity contribution in [3.63, 3.8) is 0 Å². The maximum atomic E-state index is 9.11. The smallest absolute Gasteiger partial charge is 0.137 e. The van der Waals surface area contributed by atoms with Gasteiger partial charge in [-0.25, -0.2) is 9.97 Å². The molecule has 1 aromatic heterocycles. The van der Waals surface area contributed by atoms with Gasteiger partial charge in [0, 0.05) is 24.1 Å². The van der Waals surface area contributed by atoms with E-state index in [1.54, 1.807) is 0 Å². The van der Waals surface area contributed by atoms with Crippen LogP contribution in [0.15, 0.2) is 0 Å². The Morgan fingerprint density at radius 1 is 1.30 bits per heavy atom. The summed E-state index contributed by atoms with van der Waals surface area (Å²) in [7, 11) is 0. The van der Waals surface area contributed by atoms with Gasteiger partial charge in [0.1, 0.15) is 16.8 Å². The minimum absolute atomic E-state index is 0.129. The lowest BCUT2D eigenvalue weighted by molar-refractivity contribution is 0.253. The van der Waals surface area contributed by atoms with Crippen LogP contribution in [0.1, 0.15) is 51.4 Å². The first-order chi connectivity index (χ1) is 9.27. The topological polar surface area (TPSA) is 58.0 Å². The van der Waals surface area contributed by atoms with Crippen LogP contribution in [0, 0.1) is 12.3 Å². The summed E-state index contributed by atoms with van der Waals surface area (Å²) in [6.07, 6.45) is 3.19. The van der Waals surface area contributed by atoms with E-state index in [2.05, 4.69) is 36.1 Å². The number of nitrogens with zero attached hydrogens (tertiary/aromatic N) is 2. The second-order valence-electron chi connectivity index (χ2n) is 6.89. The summed E-state index contributed by atoms with van der Waals surface area (Å²) in [4.78, 5) is 9.00. The van der Waals surface area contributed by atoms with Gasteiger partial charge in [-0.3, -0.25) is 0 Å². The molecule has 1 heterocycles. The predicted molar refractivity (Wildman–Crippen MR) is 82.3 cm³/mol. The maximum absolute atomic E-state index is 9.11. The van der Waals surface area contributed by atoms with Crippen molar-refractivity contribution in [3.05, 3.63) is 16.5 Å². The van der Waals surface area contributed by atoms with Crippen molar-refractivity contribution in [2.24, 2.45) is 5.41 Å². The summed E-state index contributed by atoms with van der Waals surface area (Å²) < 4.78 is 0. The molecule has 4 nitrogen and oxygen atoms in total. The zero-order valence-electron chi connectivity index (χ0n) is 12.8. The average molecular weight is 298 g/mol. The number of aliphatic hydroxyl groups excluding tert-OH is 1. The number of hydrogen-bond donors (Lipinski definition) is 2. The molecule has 5 heteroatoms. The number of aromatic nitrogens is 2. The third-order valence-electron chi connectivity index (χ3n) is 3.99. The van der Waals surface area contributed by atoms with Gasteiger partial charge in [0.15, 0.2) is 0 Å². The van der Waals surface area contributed by atoms with Crippen LogP contribution in [-0.2, 0) is 5.41 Å². The van der Waals surface area contributed by atoms with Crippen LogP contribution in [0.3, 0.4) is 0 Å². The van der Waals surface area contributed by atoms with Crippen molar-refractivity contribution in [1.29, 1.82) is 0 Å². The zero-order valence-corrected chi connectivity index (χ0v) is 13.5. The third-order valence-corrected chi connectivity index (χ3v) is 4.36. The third kappa shape index (κ3) is 3.41. The van der Waals surface area contributed by atoms with Crippen LogP contribution in [-0.4, -0.2) is 28.2 Å². The molecule has 1 saturated carbocycles. The van der Waals surface area contributed by atoms with E-state index in [9.17, 15) is 0 Å². The van der Waals surface area contributed by atoms with E-state index in [0.29, 0.717) is 5.15 Å². The van der Waals surface area contributed by atoms with Crippen molar-refractivity contribution in [2.45, 2.75) is 52.4 Å². The number of aliphatic hydroxyl groups is 1. The molecule has 0 atom stereocenters.